The normalized spacial score (nSPS) is 19.7. The van der Waals surface area contributed by atoms with E-state index < -0.39 is 0 Å². The maximum atomic E-state index is 4.85. The van der Waals surface area contributed by atoms with E-state index in [1.54, 1.807) is 0 Å². The summed E-state index contributed by atoms with van der Waals surface area (Å²) in [5, 5.41) is 9.87. The summed E-state index contributed by atoms with van der Waals surface area (Å²) >= 11 is 0. The van der Waals surface area contributed by atoms with E-state index in [0.717, 1.165) is 31.6 Å². The zero-order valence-electron chi connectivity index (χ0n) is 7.08. The third-order valence-corrected chi connectivity index (χ3v) is 2.08. The van der Waals surface area contributed by atoms with E-state index in [9.17, 15) is 0 Å². The molecule has 0 spiro atoms. The van der Waals surface area contributed by atoms with Gasteiger partial charge < -0.3 is 11.2 Å². The molecule has 4 N–H and O–H groups in total. The van der Waals surface area contributed by atoms with E-state index >= 15 is 0 Å². The van der Waals surface area contributed by atoms with Gasteiger partial charge in [-0.15, -0.1) is 0 Å². The quantitative estimate of drug-likeness (QED) is 0.324. The van der Waals surface area contributed by atoms with Crippen LogP contribution in [-0.4, -0.2) is 13.1 Å². The molecule has 0 amide bonds. The average Bonchev–Trinajstić information content (AvgIpc) is 2.15. The number of hydrogen-bond acceptors (Lipinski definition) is 3. The summed E-state index contributed by atoms with van der Waals surface area (Å²) in [5.41, 5.74) is 3.62. The minimum Gasteiger partial charge on any atom is -0.317 e. The van der Waals surface area contributed by atoms with Gasteiger partial charge in [-0.1, -0.05) is 17.0 Å². The predicted molar refractivity (Wildman–Crippen MR) is 46.9 cm³/mol. The van der Waals surface area contributed by atoms with Crippen molar-refractivity contribution < 1.29 is 0 Å². The van der Waals surface area contributed by atoms with Gasteiger partial charge in [0.15, 0.2) is 0 Å². The van der Waals surface area contributed by atoms with E-state index in [0.29, 0.717) is 5.92 Å². The predicted octanol–water partition coefficient (Wildman–Crippen LogP) is 0.330. The van der Waals surface area contributed by atoms with Gasteiger partial charge in [0.05, 0.1) is 0 Å². The van der Waals surface area contributed by atoms with Crippen LogP contribution in [0, 0.1) is 5.92 Å². The highest BCUT2D eigenvalue weighted by Crippen LogP contribution is 2.17. The van der Waals surface area contributed by atoms with Crippen molar-refractivity contribution in [2.45, 2.75) is 12.8 Å². The summed E-state index contributed by atoms with van der Waals surface area (Å²) in [6.45, 7) is 5.96. The highest BCUT2D eigenvalue weighted by molar-refractivity contribution is 4.98. The fourth-order valence-corrected chi connectivity index (χ4v) is 1.35. The van der Waals surface area contributed by atoms with Crippen LogP contribution in [0.3, 0.4) is 0 Å². The van der Waals surface area contributed by atoms with E-state index in [4.69, 9.17) is 5.84 Å². The molecule has 0 bridgehead atoms. The van der Waals surface area contributed by atoms with Gasteiger partial charge in [-0.3, -0.25) is 5.43 Å². The van der Waals surface area contributed by atoms with Gasteiger partial charge in [-0.2, -0.15) is 0 Å². The molecule has 5 nitrogen and oxygen atoms in total. The van der Waals surface area contributed by atoms with Crippen LogP contribution in [0.4, 0.5) is 0 Å². The molecule has 0 saturated carbocycles. The highest BCUT2D eigenvalue weighted by atomic mass is 15.5. The topological polar surface area (TPSA) is 74.8 Å². The fourth-order valence-electron chi connectivity index (χ4n) is 1.35. The zero-order valence-corrected chi connectivity index (χ0v) is 7.08. The molecule has 0 atom stereocenters. The standard InChI is InChI=1S/C7H15N5/c1-6(10-12-11-8)7-2-4-9-5-3-7/h7,9H,1-5H2,(H2,8,12)(H,10,11). The van der Waals surface area contributed by atoms with Crippen molar-refractivity contribution >= 4 is 0 Å². The summed E-state index contributed by atoms with van der Waals surface area (Å²) in [6, 6.07) is 0. The lowest BCUT2D eigenvalue weighted by atomic mass is 9.96. The molecule has 12 heavy (non-hydrogen) atoms. The molecule has 0 radical (unpaired) electrons. The summed E-state index contributed by atoms with van der Waals surface area (Å²) in [5.74, 6) is 5.35. The lowest BCUT2D eigenvalue weighted by molar-refractivity contribution is 0.402. The van der Waals surface area contributed by atoms with Crippen LogP contribution in [0.25, 0.3) is 0 Å². The molecule has 0 aromatic carbocycles. The minimum absolute atomic E-state index is 0.497. The Kier molecular flexibility index (Phi) is 3.53. The number of hydrogen-bond donors (Lipinski definition) is 3. The third kappa shape index (κ3) is 2.50. The van der Waals surface area contributed by atoms with E-state index in [1.165, 1.54) is 0 Å². The minimum atomic E-state index is 0.497. The molecule has 0 aliphatic carbocycles. The SMILES string of the molecule is C=C(NN=NN)C1CCNCC1. The molecule has 1 aliphatic heterocycles. The number of nitrogens with two attached hydrogens (primary N) is 1. The molecule has 1 rings (SSSR count). The van der Waals surface area contributed by atoms with Crippen molar-refractivity contribution in [3.05, 3.63) is 12.3 Å². The first-order valence-electron chi connectivity index (χ1n) is 4.10. The van der Waals surface area contributed by atoms with Gasteiger partial charge in [-0.05, 0) is 25.9 Å². The Balaban J connectivity index is 2.29. The maximum Gasteiger partial charge on any atom is 0.0313 e. The summed E-state index contributed by atoms with van der Waals surface area (Å²) < 4.78 is 0. The van der Waals surface area contributed by atoms with Crippen LogP contribution in [0.15, 0.2) is 22.7 Å². The van der Waals surface area contributed by atoms with Gasteiger partial charge in [0.2, 0.25) is 0 Å². The molecule has 0 unspecified atom stereocenters. The number of allylic oxidation sites excluding steroid dienone is 1. The monoisotopic (exact) mass is 169 g/mol. The molecule has 1 heterocycles. The lowest BCUT2D eigenvalue weighted by Crippen LogP contribution is -2.30. The zero-order chi connectivity index (χ0) is 8.81. The molecular formula is C7H15N5. The van der Waals surface area contributed by atoms with Crippen molar-refractivity contribution in [2.75, 3.05) is 13.1 Å². The first kappa shape index (κ1) is 8.99. The average molecular weight is 169 g/mol. The molecular weight excluding hydrogens is 154 g/mol. The van der Waals surface area contributed by atoms with Gasteiger partial charge in [0.1, 0.15) is 0 Å². The van der Waals surface area contributed by atoms with E-state index in [2.05, 4.69) is 27.8 Å². The van der Waals surface area contributed by atoms with Crippen molar-refractivity contribution in [1.29, 1.82) is 0 Å². The smallest absolute Gasteiger partial charge is 0.0313 e. The Labute approximate surface area is 72.1 Å². The van der Waals surface area contributed by atoms with Crippen LogP contribution < -0.4 is 16.6 Å². The Morgan fingerprint density at radius 3 is 2.75 bits per heavy atom. The third-order valence-electron chi connectivity index (χ3n) is 2.08. The second kappa shape index (κ2) is 4.71. The van der Waals surface area contributed by atoms with Crippen LogP contribution in [0.2, 0.25) is 0 Å². The molecule has 5 heteroatoms. The molecule has 1 aliphatic rings. The molecule has 0 aromatic rings. The number of rotatable bonds is 3. The van der Waals surface area contributed by atoms with E-state index in [1.807, 2.05) is 0 Å². The maximum absolute atomic E-state index is 4.85. The van der Waals surface area contributed by atoms with Crippen molar-refractivity contribution in [1.82, 2.24) is 10.7 Å². The Morgan fingerprint density at radius 1 is 1.50 bits per heavy atom. The van der Waals surface area contributed by atoms with Gasteiger partial charge in [0.25, 0.3) is 0 Å². The highest BCUT2D eigenvalue weighted by Gasteiger charge is 2.15. The van der Waals surface area contributed by atoms with Crippen LogP contribution in [0.1, 0.15) is 12.8 Å². The van der Waals surface area contributed by atoms with Crippen LogP contribution >= 0.6 is 0 Å². The van der Waals surface area contributed by atoms with Crippen LogP contribution in [0.5, 0.6) is 0 Å². The molecule has 68 valence electrons. The number of nitrogens with one attached hydrogen (secondary N) is 2. The first-order chi connectivity index (χ1) is 5.84. The molecule has 1 saturated heterocycles. The van der Waals surface area contributed by atoms with E-state index in [-0.39, 0.29) is 0 Å². The fraction of sp³-hybridized carbons (Fsp3) is 0.714. The van der Waals surface area contributed by atoms with Gasteiger partial charge in [0, 0.05) is 11.6 Å². The Bertz CT molecular complexity index is 171. The second-order valence-electron chi connectivity index (χ2n) is 2.88. The van der Waals surface area contributed by atoms with Gasteiger partial charge in [-0.25, -0.2) is 0 Å². The Morgan fingerprint density at radius 2 is 2.17 bits per heavy atom. The van der Waals surface area contributed by atoms with Crippen molar-refractivity contribution in [3.63, 3.8) is 0 Å². The largest absolute Gasteiger partial charge is 0.317 e. The lowest BCUT2D eigenvalue weighted by Gasteiger charge is -2.23. The molecule has 1 fully saturated rings. The number of nitrogens with zero attached hydrogens (tertiary/aromatic N) is 2. The first-order valence-corrected chi connectivity index (χ1v) is 4.10. The van der Waals surface area contributed by atoms with Crippen LogP contribution in [-0.2, 0) is 0 Å². The second-order valence-corrected chi connectivity index (χ2v) is 2.88. The number of piperidine rings is 1. The summed E-state index contributed by atoms with van der Waals surface area (Å²) in [4.78, 5) is 0. The Hall–Kier alpha value is -1.10. The van der Waals surface area contributed by atoms with Gasteiger partial charge >= 0.3 is 0 Å². The summed E-state index contributed by atoms with van der Waals surface area (Å²) in [6.07, 6.45) is 2.21. The molecule has 0 aromatic heterocycles. The van der Waals surface area contributed by atoms with Crippen molar-refractivity contribution in [3.8, 4) is 0 Å². The summed E-state index contributed by atoms with van der Waals surface area (Å²) in [7, 11) is 0. The van der Waals surface area contributed by atoms with Crippen molar-refractivity contribution in [2.24, 2.45) is 22.2 Å².